The molecule has 2 aromatic heterocycles. The molecule has 3 aromatic rings. The minimum absolute atomic E-state index is 0.183. The zero-order valence-corrected chi connectivity index (χ0v) is 19.4. The Labute approximate surface area is 196 Å². The lowest BCUT2D eigenvalue weighted by molar-refractivity contribution is 0.215. The van der Waals surface area contributed by atoms with E-state index in [1.807, 2.05) is 24.3 Å². The molecule has 174 valence electrons. The molecular weight excluding hydrogens is 442 g/mol. The zero-order chi connectivity index (χ0) is 23.6. The number of primary amides is 1. The Kier molecular flexibility index (Phi) is 8.62. The highest BCUT2D eigenvalue weighted by Gasteiger charge is 2.17. The topological polar surface area (TPSA) is 119 Å². The molecule has 3 amide bonds. The number of anilines is 2. The van der Waals surface area contributed by atoms with Crippen LogP contribution >= 0.6 is 11.3 Å². The normalized spacial score (nSPS) is 10.6. The molecule has 0 atom stereocenters. The summed E-state index contributed by atoms with van der Waals surface area (Å²) in [6.07, 6.45) is 2.38. The van der Waals surface area contributed by atoms with Gasteiger partial charge in [0, 0.05) is 23.7 Å². The summed E-state index contributed by atoms with van der Waals surface area (Å²) in [5, 5.41) is 5.42. The molecule has 0 aliphatic rings. The molecule has 2 heterocycles. The van der Waals surface area contributed by atoms with E-state index in [2.05, 4.69) is 34.4 Å². The van der Waals surface area contributed by atoms with E-state index in [1.165, 1.54) is 17.5 Å². The second-order valence-electron chi connectivity index (χ2n) is 6.95. The number of nitrogens with zero attached hydrogens (tertiary/aromatic N) is 2. The van der Waals surface area contributed by atoms with E-state index in [0.717, 1.165) is 35.8 Å². The molecular formula is C23H27N5O4S. The van der Waals surface area contributed by atoms with E-state index >= 15 is 0 Å². The van der Waals surface area contributed by atoms with Crippen molar-refractivity contribution in [3.8, 4) is 21.9 Å². The van der Waals surface area contributed by atoms with Gasteiger partial charge >= 0.3 is 12.1 Å². The van der Waals surface area contributed by atoms with Gasteiger partial charge in [-0.2, -0.15) is 0 Å². The Hall–Kier alpha value is -3.63. The van der Waals surface area contributed by atoms with Crippen LogP contribution in [0.3, 0.4) is 0 Å². The third-order valence-corrected chi connectivity index (χ3v) is 5.82. The summed E-state index contributed by atoms with van der Waals surface area (Å²) in [6.45, 7) is 7.61. The Balaban J connectivity index is 1.74. The maximum atomic E-state index is 12.3. The van der Waals surface area contributed by atoms with Crippen LogP contribution in [0.1, 0.15) is 13.8 Å². The molecule has 10 heteroatoms. The van der Waals surface area contributed by atoms with Crippen LogP contribution in [0.5, 0.6) is 11.5 Å². The lowest BCUT2D eigenvalue weighted by atomic mass is 10.2. The third kappa shape index (κ3) is 7.19. The van der Waals surface area contributed by atoms with Crippen molar-refractivity contribution in [1.29, 1.82) is 0 Å². The van der Waals surface area contributed by atoms with Crippen LogP contribution in [0.25, 0.3) is 10.4 Å². The molecule has 0 aliphatic heterocycles. The van der Waals surface area contributed by atoms with Crippen LogP contribution in [0.2, 0.25) is 0 Å². The smallest absolute Gasteiger partial charge is 0.417 e. The van der Waals surface area contributed by atoms with Crippen LogP contribution < -0.4 is 25.8 Å². The Morgan fingerprint density at radius 2 is 1.94 bits per heavy atom. The number of carbonyl (C=O) groups is 2. The fraction of sp³-hybridized carbons (Fsp3) is 0.261. The van der Waals surface area contributed by atoms with Crippen LogP contribution in [0.15, 0.2) is 54.9 Å². The molecule has 0 saturated heterocycles. The summed E-state index contributed by atoms with van der Waals surface area (Å²) in [5.41, 5.74) is 6.63. The highest BCUT2D eigenvalue weighted by Crippen LogP contribution is 2.41. The first kappa shape index (κ1) is 24.0. The Bertz CT molecular complexity index is 1070. The van der Waals surface area contributed by atoms with Crippen molar-refractivity contribution in [2.75, 3.05) is 36.9 Å². The van der Waals surface area contributed by atoms with Gasteiger partial charge in [0.25, 0.3) is 0 Å². The number of carbonyl (C=O) groups excluding carboxylic acids is 2. The molecule has 0 saturated carbocycles. The molecule has 0 spiro atoms. The average molecular weight is 470 g/mol. The van der Waals surface area contributed by atoms with Crippen molar-refractivity contribution >= 4 is 34.1 Å². The summed E-state index contributed by atoms with van der Waals surface area (Å²) in [6, 6.07) is 11.9. The number of urea groups is 1. The van der Waals surface area contributed by atoms with Crippen LogP contribution in [0, 0.1) is 0 Å². The fourth-order valence-electron chi connectivity index (χ4n) is 3.04. The van der Waals surface area contributed by atoms with E-state index in [1.54, 1.807) is 24.4 Å². The van der Waals surface area contributed by atoms with Crippen LogP contribution in [-0.4, -0.2) is 48.2 Å². The van der Waals surface area contributed by atoms with Crippen molar-refractivity contribution in [2.24, 2.45) is 5.73 Å². The van der Waals surface area contributed by atoms with Gasteiger partial charge < -0.3 is 20.1 Å². The van der Waals surface area contributed by atoms with E-state index in [4.69, 9.17) is 15.2 Å². The first-order chi connectivity index (χ1) is 16.0. The van der Waals surface area contributed by atoms with Crippen molar-refractivity contribution in [2.45, 2.75) is 13.8 Å². The molecule has 0 aliphatic carbocycles. The summed E-state index contributed by atoms with van der Waals surface area (Å²) in [4.78, 5) is 30.8. The molecule has 9 nitrogen and oxygen atoms in total. The number of benzene rings is 1. The number of likely N-dealkylation sites (N-methyl/N-ethyl adjacent to an activating group) is 1. The highest BCUT2D eigenvalue weighted by molar-refractivity contribution is 7.20. The Morgan fingerprint density at radius 1 is 1.12 bits per heavy atom. The number of hydrogen-bond donors (Lipinski definition) is 3. The number of aromatic nitrogens is 1. The summed E-state index contributed by atoms with van der Waals surface area (Å²) in [7, 11) is 0. The molecule has 1 aromatic carbocycles. The van der Waals surface area contributed by atoms with Crippen LogP contribution in [0.4, 0.5) is 20.3 Å². The molecule has 0 fully saturated rings. The number of amides is 3. The lowest BCUT2D eigenvalue weighted by Gasteiger charge is -2.18. The van der Waals surface area contributed by atoms with Crippen molar-refractivity contribution in [3.05, 3.63) is 54.9 Å². The van der Waals surface area contributed by atoms with E-state index in [0.29, 0.717) is 17.3 Å². The van der Waals surface area contributed by atoms with Gasteiger partial charge in [0.15, 0.2) is 5.75 Å². The zero-order valence-electron chi connectivity index (χ0n) is 18.5. The van der Waals surface area contributed by atoms with Gasteiger partial charge in [-0.25, -0.2) is 9.59 Å². The van der Waals surface area contributed by atoms with Crippen LogP contribution in [-0.2, 0) is 0 Å². The largest absolute Gasteiger partial charge is 0.492 e. The minimum atomic E-state index is -0.755. The number of hydrogen-bond acceptors (Lipinski definition) is 7. The molecule has 0 bridgehead atoms. The monoisotopic (exact) mass is 469 g/mol. The van der Waals surface area contributed by atoms with Gasteiger partial charge in [0.1, 0.15) is 17.4 Å². The predicted octanol–water partition coefficient (Wildman–Crippen LogP) is 4.63. The lowest BCUT2D eigenvalue weighted by Crippen LogP contribution is -2.27. The number of rotatable bonds is 10. The molecule has 3 rings (SSSR count). The summed E-state index contributed by atoms with van der Waals surface area (Å²) < 4.78 is 11.3. The van der Waals surface area contributed by atoms with Gasteiger partial charge in [-0.1, -0.05) is 26.0 Å². The van der Waals surface area contributed by atoms with Crippen molar-refractivity contribution in [3.63, 3.8) is 0 Å². The molecule has 0 unspecified atom stereocenters. The first-order valence-electron chi connectivity index (χ1n) is 10.5. The first-order valence-corrected chi connectivity index (χ1v) is 11.3. The number of thiophene rings is 1. The van der Waals surface area contributed by atoms with Gasteiger partial charge in [0.05, 0.1) is 11.9 Å². The van der Waals surface area contributed by atoms with Gasteiger partial charge in [-0.3, -0.25) is 15.6 Å². The number of nitrogens with two attached hydrogens (primary N) is 1. The fourth-order valence-corrected chi connectivity index (χ4v) is 4.03. The summed E-state index contributed by atoms with van der Waals surface area (Å²) >= 11 is 1.24. The Morgan fingerprint density at radius 3 is 2.64 bits per heavy atom. The second kappa shape index (κ2) is 11.8. The maximum absolute atomic E-state index is 12.3. The standard InChI is InChI=1S/C23H27N5O4S/c1-3-28(4-2)11-12-31-18-9-5-7-16(13-18)20-14-19(21(33-20)27-22(24)29)32-23(30)26-17-8-6-10-25-15-17/h5-10,13-15H,3-4,11-12H2,1-2H3,(H,26,30)(H3,24,27,29). The quantitative estimate of drug-likeness (QED) is 0.398. The number of pyridine rings is 1. The number of nitrogens with one attached hydrogen (secondary N) is 2. The molecule has 4 N–H and O–H groups in total. The highest BCUT2D eigenvalue weighted by atomic mass is 32.1. The van der Waals surface area contributed by atoms with E-state index in [-0.39, 0.29) is 5.75 Å². The van der Waals surface area contributed by atoms with E-state index in [9.17, 15) is 9.59 Å². The summed E-state index contributed by atoms with van der Waals surface area (Å²) in [5.74, 6) is 0.914. The molecule has 0 radical (unpaired) electrons. The van der Waals surface area contributed by atoms with Crippen molar-refractivity contribution in [1.82, 2.24) is 9.88 Å². The maximum Gasteiger partial charge on any atom is 0.417 e. The number of ether oxygens (including phenoxy) is 2. The minimum Gasteiger partial charge on any atom is -0.492 e. The van der Waals surface area contributed by atoms with Gasteiger partial charge in [0.2, 0.25) is 0 Å². The van der Waals surface area contributed by atoms with Crippen molar-refractivity contribution < 1.29 is 19.1 Å². The van der Waals surface area contributed by atoms with Gasteiger partial charge in [-0.15, -0.1) is 11.3 Å². The predicted molar refractivity (Wildman–Crippen MR) is 130 cm³/mol. The SMILES string of the molecule is CCN(CC)CCOc1cccc(-c2cc(OC(=O)Nc3cccnc3)c(NC(N)=O)s2)c1. The molecule has 33 heavy (non-hydrogen) atoms. The average Bonchev–Trinajstić information content (AvgIpc) is 3.19. The second-order valence-corrected chi connectivity index (χ2v) is 8.00. The third-order valence-electron chi connectivity index (χ3n) is 4.73. The van der Waals surface area contributed by atoms with E-state index < -0.39 is 12.1 Å². The van der Waals surface area contributed by atoms with Gasteiger partial charge in [-0.05, 0) is 42.9 Å².